The molecule has 0 saturated carbocycles. The normalized spacial score (nSPS) is 12.8. The van der Waals surface area contributed by atoms with E-state index in [-0.39, 0.29) is 29.8 Å². The van der Waals surface area contributed by atoms with E-state index < -0.39 is 0 Å². The maximum absolute atomic E-state index is 15.7. The van der Waals surface area contributed by atoms with Crippen LogP contribution in [0.2, 0.25) is 0 Å². The molecular formula is C59H46Br4N2O4. The van der Waals surface area contributed by atoms with Gasteiger partial charge in [-0.05, 0) is 175 Å². The van der Waals surface area contributed by atoms with Crippen LogP contribution in [0.5, 0.6) is 0 Å². The van der Waals surface area contributed by atoms with Crippen LogP contribution in [-0.4, -0.2) is 52.9 Å². The Kier molecular flexibility index (Phi) is 12.8. The van der Waals surface area contributed by atoms with Crippen molar-refractivity contribution in [2.45, 2.75) is 65.5 Å². The smallest absolute Gasteiger partial charge is 0.262 e. The number of nitrogens with zero attached hydrogens (tertiary/aromatic N) is 2. The van der Waals surface area contributed by atoms with E-state index in [4.69, 9.17) is 0 Å². The lowest BCUT2D eigenvalue weighted by molar-refractivity contribution is 0.0530. The molecule has 0 spiro atoms. The number of benzene rings is 9. The fourth-order valence-corrected chi connectivity index (χ4v) is 11.9. The molecule has 0 fully saturated rings. The van der Waals surface area contributed by atoms with E-state index in [9.17, 15) is 4.79 Å². The average molecular weight is 1170 g/mol. The van der Waals surface area contributed by atoms with E-state index in [0.717, 1.165) is 91.6 Å². The first kappa shape index (κ1) is 47.2. The Labute approximate surface area is 434 Å². The molecule has 0 unspecified atom stereocenters. The minimum Gasteiger partial charge on any atom is -0.339 e. The number of hydrogen-bond donors (Lipinski definition) is 0. The molecule has 69 heavy (non-hydrogen) atoms. The van der Waals surface area contributed by atoms with Crippen LogP contribution in [0.25, 0.3) is 87.6 Å². The second kappa shape index (κ2) is 18.7. The number of rotatable bonds is 12. The second-order valence-corrected chi connectivity index (χ2v) is 21.6. The van der Waals surface area contributed by atoms with Crippen LogP contribution in [0.3, 0.4) is 0 Å². The zero-order valence-electron chi connectivity index (χ0n) is 38.6. The molecular weight excluding hydrogens is 1120 g/mol. The van der Waals surface area contributed by atoms with Crippen molar-refractivity contribution in [2.24, 2.45) is 0 Å². The van der Waals surface area contributed by atoms with Gasteiger partial charge in [-0.25, -0.2) is 0 Å². The Morgan fingerprint density at radius 1 is 0.507 bits per heavy atom. The molecule has 10 heteroatoms. The van der Waals surface area contributed by atoms with Crippen molar-refractivity contribution in [1.82, 2.24) is 9.80 Å². The van der Waals surface area contributed by atoms with Crippen molar-refractivity contribution in [3.05, 3.63) is 161 Å². The van der Waals surface area contributed by atoms with Crippen LogP contribution in [0.15, 0.2) is 139 Å². The SMILES string of the molecule is CCC(CC)N(C)C(=O)c1c(-c2ccc(Br)cc2)cc2c3cc(-c4ccc(Br)cc4)c4c5c(c(-c6ccc(Br)cc6)cc(c6cc(-c7ccc(Br)cc7)c(C=O)c1c62)c53)C(=O)N(C(CC)CC)C4=O. The van der Waals surface area contributed by atoms with Crippen molar-refractivity contribution in [2.75, 3.05) is 7.05 Å². The minimum atomic E-state index is -0.330. The fourth-order valence-electron chi connectivity index (χ4n) is 10.9. The van der Waals surface area contributed by atoms with Crippen LogP contribution in [0.1, 0.15) is 94.8 Å². The second-order valence-electron chi connectivity index (χ2n) is 17.9. The molecule has 1 aliphatic rings. The Hall–Kier alpha value is -5.52. The summed E-state index contributed by atoms with van der Waals surface area (Å²) >= 11 is 14.5. The number of carbonyl (C=O) groups excluding carboxylic acids is 4. The largest absolute Gasteiger partial charge is 0.339 e. The van der Waals surface area contributed by atoms with Gasteiger partial charge in [-0.3, -0.25) is 24.1 Å². The standard InChI is InChI=1S/C59H46Br4N2O4/c1-6-39(7-2)64(5)57(67)53-42(32-12-20-36(61)21-13-32)27-46-48-29-44(34-16-24-38(63)25-17-34)55-56-51(48)47(45-26-41(31-10-18-35(60)19-11-31)49(30-66)52(53)50(45)46)28-43(33-14-22-37(62)23-15-33)54(56)58(68)65(59(55)69)40(8-3)9-4/h10-30,39-40H,6-9H2,1-5H3. The van der Waals surface area contributed by atoms with Crippen LogP contribution in [-0.2, 0) is 0 Å². The summed E-state index contributed by atoms with van der Waals surface area (Å²) in [6.07, 6.45) is 3.61. The summed E-state index contributed by atoms with van der Waals surface area (Å²) in [6.45, 7) is 8.23. The quantitative estimate of drug-likeness (QED) is 0.0529. The summed E-state index contributed by atoms with van der Waals surface area (Å²) in [6, 6.07) is 39.7. The van der Waals surface area contributed by atoms with E-state index >= 15 is 14.4 Å². The average Bonchev–Trinajstić information content (AvgIpc) is 3.36. The lowest BCUT2D eigenvalue weighted by Gasteiger charge is -2.36. The van der Waals surface area contributed by atoms with E-state index in [1.54, 1.807) is 0 Å². The summed E-state index contributed by atoms with van der Waals surface area (Å²) in [5, 5.41) is 5.89. The third-order valence-corrected chi connectivity index (χ3v) is 16.5. The van der Waals surface area contributed by atoms with Crippen molar-refractivity contribution in [3.63, 3.8) is 0 Å². The van der Waals surface area contributed by atoms with Crippen LogP contribution >= 0.6 is 63.7 Å². The number of halogens is 4. The predicted molar refractivity (Wildman–Crippen MR) is 297 cm³/mol. The molecule has 9 aromatic carbocycles. The summed E-state index contributed by atoms with van der Waals surface area (Å²) in [4.78, 5) is 64.4. The Balaban J connectivity index is 1.52. The highest BCUT2D eigenvalue weighted by Crippen LogP contribution is 2.53. The first-order chi connectivity index (χ1) is 33.3. The molecule has 9 aromatic rings. The van der Waals surface area contributed by atoms with Gasteiger partial charge in [0.05, 0.1) is 16.7 Å². The molecule has 0 radical (unpaired) electrons. The lowest BCUT2D eigenvalue weighted by atomic mass is 9.76. The highest BCUT2D eigenvalue weighted by atomic mass is 79.9. The Morgan fingerprint density at radius 3 is 1.23 bits per heavy atom. The van der Waals surface area contributed by atoms with Gasteiger partial charge >= 0.3 is 0 Å². The van der Waals surface area contributed by atoms with Gasteiger partial charge in [0.1, 0.15) is 0 Å². The van der Waals surface area contributed by atoms with Gasteiger partial charge in [0.15, 0.2) is 6.29 Å². The molecule has 1 heterocycles. The minimum absolute atomic E-state index is 0.0554. The maximum Gasteiger partial charge on any atom is 0.262 e. The molecule has 0 atom stereocenters. The topological polar surface area (TPSA) is 74.8 Å². The predicted octanol–water partition coefficient (Wildman–Crippen LogP) is 17.3. The first-order valence-corrected chi connectivity index (χ1v) is 26.5. The van der Waals surface area contributed by atoms with E-state index in [1.807, 2.05) is 123 Å². The molecule has 0 aliphatic carbocycles. The highest BCUT2D eigenvalue weighted by molar-refractivity contribution is 9.11. The zero-order chi connectivity index (χ0) is 48.6. The number of imide groups is 1. The molecule has 3 amide bonds. The van der Waals surface area contributed by atoms with Gasteiger partial charge in [0.25, 0.3) is 17.7 Å². The molecule has 6 nitrogen and oxygen atoms in total. The van der Waals surface area contributed by atoms with Crippen LogP contribution in [0, 0.1) is 0 Å². The Bertz CT molecular complexity index is 3440. The number of amides is 3. The van der Waals surface area contributed by atoms with E-state index in [2.05, 4.69) is 102 Å². The number of carbonyl (C=O) groups is 4. The van der Waals surface area contributed by atoms with Gasteiger partial charge in [0.2, 0.25) is 0 Å². The van der Waals surface area contributed by atoms with Crippen molar-refractivity contribution < 1.29 is 19.2 Å². The van der Waals surface area contributed by atoms with E-state index in [1.165, 1.54) is 4.90 Å². The van der Waals surface area contributed by atoms with Gasteiger partial charge in [-0.1, -0.05) is 140 Å². The van der Waals surface area contributed by atoms with Gasteiger partial charge in [-0.2, -0.15) is 0 Å². The third-order valence-electron chi connectivity index (χ3n) is 14.4. The van der Waals surface area contributed by atoms with Crippen molar-refractivity contribution in [1.29, 1.82) is 0 Å². The molecule has 0 N–H and O–H groups in total. The van der Waals surface area contributed by atoms with Gasteiger partial charge in [0, 0.05) is 53.4 Å². The first-order valence-electron chi connectivity index (χ1n) is 23.3. The molecule has 0 saturated heterocycles. The number of fused-ring (bicyclic) bond motifs is 2. The zero-order valence-corrected chi connectivity index (χ0v) is 45.0. The van der Waals surface area contributed by atoms with Crippen molar-refractivity contribution >= 4 is 131 Å². The molecule has 344 valence electrons. The number of aldehydes is 1. The van der Waals surface area contributed by atoms with Crippen LogP contribution < -0.4 is 0 Å². The molecule has 1 aliphatic heterocycles. The van der Waals surface area contributed by atoms with Crippen molar-refractivity contribution in [3.8, 4) is 44.5 Å². The summed E-state index contributed by atoms with van der Waals surface area (Å²) in [7, 11) is 1.86. The molecule has 0 bridgehead atoms. The van der Waals surface area contributed by atoms with E-state index in [0.29, 0.717) is 68.1 Å². The summed E-state index contributed by atoms with van der Waals surface area (Å²) < 4.78 is 3.54. The van der Waals surface area contributed by atoms with Crippen LogP contribution in [0.4, 0.5) is 0 Å². The lowest BCUT2D eigenvalue weighted by Crippen LogP contribution is -2.47. The third kappa shape index (κ3) is 7.68. The summed E-state index contributed by atoms with van der Waals surface area (Å²) in [5.41, 5.74) is 7.73. The van der Waals surface area contributed by atoms with Gasteiger partial charge in [-0.15, -0.1) is 0 Å². The fraction of sp³-hybridized carbons (Fsp3) is 0.186. The highest BCUT2D eigenvalue weighted by Gasteiger charge is 2.41. The summed E-state index contributed by atoms with van der Waals surface area (Å²) in [5.74, 6) is -0.836. The monoisotopic (exact) mass is 1160 g/mol. The molecule has 0 aromatic heterocycles. The maximum atomic E-state index is 15.7. The Morgan fingerprint density at radius 2 is 0.855 bits per heavy atom. The molecule has 10 rings (SSSR count). The number of hydrogen-bond acceptors (Lipinski definition) is 4. The van der Waals surface area contributed by atoms with Gasteiger partial charge < -0.3 is 4.90 Å².